The van der Waals surface area contributed by atoms with Crippen LogP contribution in [-0.4, -0.2) is 57.0 Å². The van der Waals surface area contributed by atoms with Gasteiger partial charge < -0.3 is 20.4 Å². The largest absolute Gasteiger partial charge is 0.378 e. The predicted octanol–water partition coefficient (Wildman–Crippen LogP) is 1.74. The van der Waals surface area contributed by atoms with Crippen LogP contribution in [-0.2, 0) is 11.3 Å². The third-order valence-electron chi connectivity index (χ3n) is 4.70. The zero-order valence-corrected chi connectivity index (χ0v) is 16.1. The van der Waals surface area contributed by atoms with Crippen molar-refractivity contribution in [2.45, 2.75) is 39.3 Å². The van der Waals surface area contributed by atoms with Crippen LogP contribution in [0.2, 0.25) is 0 Å². The SMILES string of the molecule is CCC(=O)N1CCC(NC(=NC)NCc2ccc(N(C)C)cc2C)C1. The highest BCUT2D eigenvalue weighted by atomic mass is 16.2. The van der Waals surface area contributed by atoms with E-state index in [-0.39, 0.29) is 11.9 Å². The van der Waals surface area contributed by atoms with Crippen LogP contribution in [0.15, 0.2) is 23.2 Å². The van der Waals surface area contributed by atoms with Crippen LogP contribution in [0.1, 0.15) is 30.9 Å². The monoisotopic (exact) mass is 345 g/mol. The fourth-order valence-electron chi connectivity index (χ4n) is 3.05. The van der Waals surface area contributed by atoms with Crippen molar-refractivity contribution in [3.8, 4) is 0 Å². The molecule has 2 N–H and O–H groups in total. The van der Waals surface area contributed by atoms with Gasteiger partial charge in [0.25, 0.3) is 0 Å². The molecule has 0 aliphatic carbocycles. The molecule has 1 aliphatic rings. The lowest BCUT2D eigenvalue weighted by atomic mass is 10.1. The lowest BCUT2D eigenvalue weighted by Crippen LogP contribution is -2.44. The molecule has 1 aromatic carbocycles. The molecule has 1 saturated heterocycles. The maximum absolute atomic E-state index is 11.8. The topological polar surface area (TPSA) is 60.0 Å². The maximum Gasteiger partial charge on any atom is 0.222 e. The normalized spacial score (nSPS) is 17.6. The molecule has 0 radical (unpaired) electrons. The van der Waals surface area contributed by atoms with Crippen molar-refractivity contribution in [3.05, 3.63) is 29.3 Å². The Morgan fingerprint density at radius 3 is 2.76 bits per heavy atom. The average molecular weight is 345 g/mol. The molecule has 2 rings (SSSR count). The Morgan fingerprint density at radius 1 is 1.40 bits per heavy atom. The number of guanidine groups is 1. The second-order valence-corrected chi connectivity index (χ2v) is 6.75. The number of amides is 1. The third-order valence-corrected chi connectivity index (χ3v) is 4.70. The molecule has 0 spiro atoms. The zero-order valence-electron chi connectivity index (χ0n) is 16.1. The van der Waals surface area contributed by atoms with E-state index in [4.69, 9.17) is 0 Å². The summed E-state index contributed by atoms with van der Waals surface area (Å²) in [5.41, 5.74) is 3.72. The predicted molar refractivity (Wildman–Crippen MR) is 104 cm³/mol. The van der Waals surface area contributed by atoms with E-state index in [1.165, 1.54) is 16.8 Å². The average Bonchev–Trinajstić information content (AvgIpc) is 3.07. The zero-order chi connectivity index (χ0) is 18.4. The highest BCUT2D eigenvalue weighted by Gasteiger charge is 2.25. The van der Waals surface area contributed by atoms with E-state index in [1.54, 1.807) is 7.05 Å². The molecule has 0 saturated carbocycles. The molecule has 6 heteroatoms. The van der Waals surface area contributed by atoms with Crippen LogP contribution >= 0.6 is 0 Å². The number of benzene rings is 1. The maximum atomic E-state index is 11.8. The summed E-state index contributed by atoms with van der Waals surface area (Å²) in [6.45, 7) is 6.35. The molecular formula is C19H31N5O. The van der Waals surface area contributed by atoms with E-state index < -0.39 is 0 Å². The van der Waals surface area contributed by atoms with Crippen molar-refractivity contribution in [3.63, 3.8) is 0 Å². The fourth-order valence-corrected chi connectivity index (χ4v) is 3.05. The summed E-state index contributed by atoms with van der Waals surface area (Å²) in [6, 6.07) is 6.74. The van der Waals surface area contributed by atoms with Crippen LogP contribution in [0.25, 0.3) is 0 Å². The van der Waals surface area contributed by atoms with Crippen molar-refractivity contribution in [1.29, 1.82) is 0 Å². The van der Waals surface area contributed by atoms with Crippen molar-refractivity contribution in [2.24, 2.45) is 4.99 Å². The number of aryl methyl sites for hydroxylation is 1. The Bertz CT molecular complexity index is 626. The number of nitrogens with one attached hydrogen (secondary N) is 2. The second-order valence-electron chi connectivity index (χ2n) is 6.75. The number of likely N-dealkylation sites (tertiary alicyclic amines) is 1. The first-order valence-electron chi connectivity index (χ1n) is 8.96. The van der Waals surface area contributed by atoms with Crippen LogP contribution in [0, 0.1) is 6.92 Å². The van der Waals surface area contributed by atoms with Gasteiger partial charge in [-0.3, -0.25) is 9.79 Å². The van der Waals surface area contributed by atoms with Crippen LogP contribution in [0.5, 0.6) is 0 Å². The highest BCUT2D eigenvalue weighted by molar-refractivity contribution is 5.80. The molecule has 1 atom stereocenters. The highest BCUT2D eigenvalue weighted by Crippen LogP contribution is 2.17. The van der Waals surface area contributed by atoms with Gasteiger partial charge in [0.2, 0.25) is 5.91 Å². The minimum atomic E-state index is 0.226. The molecule has 1 amide bonds. The van der Waals surface area contributed by atoms with Gasteiger partial charge in [0.15, 0.2) is 5.96 Å². The summed E-state index contributed by atoms with van der Waals surface area (Å²) in [5.74, 6) is 1.01. The smallest absolute Gasteiger partial charge is 0.222 e. The molecule has 1 aliphatic heterocycles. The van der Waals surface area contributed by atoms with E-state index in [1.807, 2.05) is 25.9 Å². The summed E-state index contributed by atoms with van der Waals surface area (Å²) in [4.78, 5) is 20.1. The number of aliphatic imine (C=N–C) groups is 1. The summed E-state index contributed by atoms with van der Waals surface area (Å²) in [6.07, 6.45) is 1.53. The first kappa shape index (κ1) is 19.1. The Morgan fingerprint density at radius 2 is 2.16 bits per heavy atom. The molecule has 1 unspecified atom stereocenters. The third kappa shape index (κ3) is 5.11. The number of hydrogen-bond donors (Lipinski definition) is 2. The fraction of sp³-hybridized carbons (Fsp3) is 0.579. The van der Waals surface area contributed by atoms with Gasteiger partial charge in [0.05, 0.1) is 0 Å². The summed E-state index contributed by atoms with van der Waals surface area (Å²) in [7, 11) is 5.88. The molecule has 1 fully saturated rings. The summed E-state index contributed by atoms with van der Waals surface area (Å²) < 4.78 is 0. The van der Waals surface area contributed by atoms with Crippen LogP contribution in [0.4, 0.5) is 5.69 Å². The van der Waals surface area contributed by atoms with Crippen molar-refractivity contribution in [1.82, 2.24) is 15.5 Å². The molecule has 0 aromatic heterocycles. The molecular weight excluding hydrogens is 314 g/mol. The van der Waals surface area contributed by atoms with Gasteiger partial charge in [0, 0.05) is 58.9 Å². The molecule has 6 nitrogen and oxygen atoms in total. The molecule has 25 heavy (non-hydrogen) atoms. The minimum absolute atomic E-state index is 0.226. The number of carbonyl (C=O) groups is 1. The van der Waals surface area contributed by atoms with E-state index in [0.29, 0.717) is 6.42 Å². The van der Waals surface area contributed by atoms with E-state index in [0.717, 1.165) is 32.0 Å². The Kier molecular flexibility index (Phi) is 6.67. The van der Waals surface area contributed by atoms with Crippen LogP contribution < -0.4 is 15.5 Å². The van der Waals surface area contributed by atoms with Gasteiger partial charge >= 0.3 is 0 Å². The number of hydrogen-bond acceptors (Lipinski definition) is 3. The number of rotatable bonds is 5. The number of nitrogens with zero attached hydrogens (tertiary/aromatic N) is 3. The first-order chi connectivity index (χ1) is 11.9. The molecule has 1 heterocycles. The van der Waals surface area contributed by atoms with E-state index in [9.17, 15) is 4.79 Å². The van der Waals surface area contributed by atoms with Crippen molar-refractivity contribution >= 4 is 17.6 Å². The quantitative estimate of drug-likeness (QED) is 0.630. The standard InChI is InChI=1S/C19H31N5O/c1-6-18(25)24-10-9-16(13-24)22-19(20-3)21-12-15-7-8-17(23(4)5)11-14(15)2/h7-8,11,16H,6,9-10,12-13H2,1-5H3,(H2,20,21,22). The van der Waals surface area contributed by atoms with Gasteiger partial charge in [-0.2, -0.15) is 0 Å². The second kappa shape index (κ2) is 8.74. The van der Waals surface area contributed by atoms with Gasteiger partial charge in [0.1, 0.15) is 0 Å². The van der Waals surface area contributed by atoms with Crippen molar-refractivity contribution < 1.29 is 4.79 Å². The van der Waals surface area contributed by atoms with E-state index in [2.05, 4.69) is 45.6 Å². The van der Waals surface area contributed by atoms with Gasteiger partial charge in [-0.05, 0) is 36.6 Å². The summed E-state index contributed by atoms with van der Waals surface area (Å²) in [5, 5.41) is 6.81. The van der Waals surface area contributed by atoms with Crippen molar-refractivity contribution in [2.75, 3.05) is 39.1 Å². The van der Waals surface area contributed by atoms with Gasteiger partial charge in [-0.15, -0.1) is 0 Å². The number of carbonyl (C=O) groups excluding carboxylic acids is 1. The Balaban J connectivity index is 1.88. The lowest BCUT2D eigenvalue weighted by molar-refractivity contribution is -0.129. The molecule has 138 valence electrons. The van der Waals surface area contributed by atoms with Gasteiger partial charge in [-0.1, -0.05) is 13.0 Å². The Hall–Kier alpha value is -2.24. The molecule has 0 bridgehead atoms. The summed E-state index contributed by atoms with van der Waals surface area (Å²) >= 11 is 0. The minimum Gasteiger partial charge on any atom is -0.378 e. The Labute approximate surface area is 151 Å². The van der Waals surface area contributed by atoms with E-state index >= 15 is 0 Å². The number of anilines is 1. The van der Waals surface area contributed by atoms with Crippen LogP contribution in [0.3, 0.4) is 0 Å². The first-order valence-corrected chi connectivity index (χ1v) is 8.96. The lowest BCUT2D eigenvalue weighted by Gasteiger charge is -2.19. The molecule has 1 aromatic rings. The van der Waals surface area contributed by atoms with Gasteiger partial charge in [-0.25, -0.2) is 0 Å².